The van der Waals surface area contributed by atoms with E-state index in [0.29, 0.717) is 11.3 Å². The van der Waals surface area contributed by atoms with Crippen molar-refractivity contribution in [1.29, 1.82) is 0 Å². The molecule has 1 aromatic heterocycles. The summed E-state index contributed by atoms with van der Waals surface area (Å²) < 4.78 is 0. The molecule has 0 saturated carbocycles. The summed E-state index contributed by atoms with van der Waals surface area (Å²) >= 11 is 0. The van der Waals surface area contributed by atoms with Crippen LogP contribution in [0.4, 0.5) is 5.69 Å². The summed E-state index contributed by atoms with van der Waals surface area (Å²) in [5.41, 5.74) is 6.88. The highest BCUT2D eigenvalue weighted by molar-refractivity contribution is 6.05. The van der Waals surface area contributed by atoms with Crippen molar-refractivity contribution in [3.8, 4) is 0 Å². The molecule has 1 heterocycles. The SMILES string of the molecule is CN(C(=O)c1cnccn1)c1cccc(C(N)=NO)c1. The van der Waals surface area contributed by atoms with Gasteiger partial charge in [0.25, 0.3) is 5.91 Å². The zero-order valence-corrected chi connectivity index (χ0v) is 10.8. The Balaban J connectivity index is 2.30. The minimum Gasteiger partial charge on any atom is -0.409 e. The van der Waals surface area contributed by atoms with E-state index in [9.17, 15) is 4.79 Å². The number of nitrogens with zero attached hydrogens (tertiary/aromatic N) is 4. The van der Waals surface area contributed by atoms with Crippen LogP contribution in [-0.4, -0.2) is 34.0 Å². The molecular weight excluding hydrogens is 258 g/mol. The van der Waals surface area contributed by atoms with E-state index in [0.717, 1.165) is 0 Å². The second-order valence-corrected chi connectivity index (χ2v) is 3.99. The quantitative estimate of drug-likeness (QED) is 0.372. The summed E-state index contributed by atoms with van der Waals surface area (Å²) in [6.07, 6.45) is 4.34. The molecule has 0 fully saturated rings. The molecule has 0 atom stereocenters. The van der Waals surface area contributed by atoms with Crippen LogP contribution in [0, 0.1) is 0 Å². The lowest BCUT2D eigenvalue weighted by Crippen LogP contribution is -2.27. The van der Waals surface area contributed by atoms with Crippen molar-refractivity contribution in [2.75, 3.05) is 11.9 Å². The lowest BCUT2D eigenvalue weighted by atomic mass is 10.1. The van der Waals surface area contributed by atoms with Gasteiger partial charge in [-0.3, -0.25) is 9.78 Å². The third-order valence-corrected chi connectivity index (χ3v) is 2.72. The standard InChI is InChI=1S/C13H13N5O2/c1-18(13(19)11-8-15-5-6-16-11)10-4-2-3-9(7-10)12(14)17-20/h2-8,20H,1H3,(H2,14,17). The monoisotopic (exact) mass is 271 g/mol. The average Bonchev–Trinajstić information content (AvgIpc) is 2.53. The van der Waals surface area contributed by atoms with Crippen LogP contribution >= 0.6 is 0 Å². The lowest BCUT2D eigenvalue weighted by molar-refractivity contribution is 0.0988. The van der Waals surface area contributed by atoms with E-state index in [1.807, 2.05) is 0 Å². The van der Waals surface area contributed by atoms with Crippen molar-refractivity contribution < 1.29 is 10.0 Å². The topological polar surface area (TPSA) is 105 Å². The second kappa shape index (κ2) is 5.79. The molecule has 0 aliphatic rings. The highest BCUT2D eigenvalue weighted by atomic mass is 16.4. The van der Waals surface area contributed by atoms with Crippen molar-refractivity contribution in [3.05, 3.63) is 54.1 Å². The molecule has 0 aliphatic heterocycles. The number of anilines is 1. The van der Waals surface area contributed by atoms with Crippen molar-refractivity contribution in [3.63, 3.8) is 0 Å². The number of hydrogen-bond donors (Lipinski definition) is 2. The molecule has 20 heavy (non-hydrogen) atoms. The minimum atomic E-state index is -0.297. The molecule has 1 amide bonds. The normalized spacial score (nSPS) is 11.2. The molecule has 7 nitrogen and oxygen atoms in total. The predicted octanol–water partition coefficient (Wildman–Crippen LogP) is 0.848. The first-order chi connectivity index (χ1) is 9.63. The molecule has 0 radical (unpaired) electrons. The third kappa shape index (κ3) is 2.72. The van der Waals surface area contributed by atoms with E-state index in [2.05, 4.69) is 15.1 Å². The first kappa shape index (κ1) is 13.5. The second-order valence-electron chi connectivity index (χ2n) is 3.99. The van der Waals surface area contributed by atoms with Gasteiger partial charge in [-0.2, -0.15) is 0 Å². The molecule has 7 heteroatoms. The van der Waals surface area contributed by atoms with Crippen molar-refractivity contribution in [1.82, 2.24) is 9.97 Å². The van der Waals surface area contributed by atoms with Crippen LogP contribution in [0.2, 0.25) is 0 Å². The van der Waals surface area contributed by atoms with Crippen LogP contribution in [0.1, 0.15) is 16.1 Å². The summed E-state index contributed by atoms with van der Waals surface area (Å²) in [5.74, 6) is -0.318. The number of aromatic nitrogens is 2. The van der Waals surface area contributed by atoms with Crippen LogP contribution in [0.3, 0.4) is 0 Å². The molecular formula is C13H13N5O2. The number of benzene rings is 1. The van der Waals surface area contributed by atoms with E-state index >= 15 is 0 Å². The van der Waals surface area contributed by atoms with Gasteiger partial charge in [-0.25, -0.2) is 4.98 Å². The summed E-state index contributed by atoms with van der Waals surface area (Å²) in [7, 11) is 1.61. The highest BCUT2D eigenvalue weighted by Gasteiger charge is 2.15. The third-order valence-electron chi connectivity index (χ3n) is 2.72. The van der Waals surface area contributed by atoms with Crippen LogP contribution in [0.25, 0.3) is 0 Å². The van der Waals surface area contributed by atoms with Crippen LogP contribution in [0.5, 0.6) is 0 Å². The Labute approximate surface area is 115 Å². The number of rotatable bonds is 3. The predicted molar refractivity (Wildman–Crippen MR) is 73.7 cm³/mol. The van der Waals surface area contributed by atoms with E-state index in [4.69, 9.17) is 10.9 Å². The van der Waals surface area contributed by atoms with Crippen molar-refractivity contribution >= 4 is 17.4 Å². The maximum absolute atomic E-state index is 12.2. The van der Waals surface area contributed by atoms with Crippen LogP contribution in [-0.2, 0) is 0 Å². The summed E-state index contributed by atoms with van der Waals surface area (Å²) in [4.78, 5) is 21.4. The number of carbonyl (C=O) groups excluding carboxylic acids is 1. The molecule has 0 saturated heterocycles. The molecule has 2 rings (SSSR count). The van der Waals surface area contributed by atoms with E-state index in [1.54, 1.807) is 31.3 Å². The Morgan fingerprint density at radius 2 is 2.20 bits per heavy atom. The molecule has 0 unspecified atom stereocenters. The van der Waals surface area contributed by atoms with Crippen molar-refractivity contribution in [2.24, 2.45) is 10.9 Å². The zero-order chi connectivity index (χ0) is 14.5. The summed E-state index contributed by atoms with van der Waals surface area (Å²) in [6.45, 7) is 0. The number of amidine groups is 1. The average molecular weight is 271 g/mol. The van der Waals surface area contributed by atoms with Crippen molar-refractivity contribution in [2.45, 2.75) is 0 Å². The largest absolute Gasteiger partial charge is 0.409 e. The van der Waals surface area contributed by atoms with Crippen LogP contribution < -0.4 is 10.6 Å². The minimum absolute atomic E-state index is 0.0211. The first-order valence-corrected chi connectivity index (χ1v) is 5.75. The van der Waals surface area contributed by atoms with Gasteiger partial charge in [0.2, 0.25) is 0 Å². The lowest BCUT2D eigenvalue weighted by Gasteiger charge is -2.17. The Morgan fingerprint density at radius 1 is 1.40 bits per heavy atom. The molecule has 1 aromatic carbocycles. The molecule has 0 bridgehead atoms. The van der Waals surface area contributed by atoms with Gasteiger partial charge < -0.3 is 15.8 Å². The van der Waals surface area contributed by atoms with Gasteiger partial charge in [-0.15, -0.1) is 0 Å². The smallest absolute Gasteiger partial charge is 0.278 e. The van der Waals surface area contributed by atoms with Gasteiger partial charge in [0, 0.05) is 30.7 Å². The maximum atomic E-state index is 12.2. The van der Waals surface area contributed by atoms with Crippen LogP contribution in [0.15, 0.2) is 48.0 Å². The van der Waals surface area contributed by atoms with E-state index in [-0.39, 0.29) is 17.4 Å². The number of hydrogen-bond acceptors (Lipinski definition) is 5. The van der Waals surface area contributed by atoms with Gasteiger partial charge in [-0.1, -0.05) is 17.3 Å². The van der Waals surface area contributed by atoms with Gasteiger partial charge in [-0.05, 0) is 12.1 Å². The Morgan fingerprint density at radius 3 is 2.85 bits per heavy atom. The van der Waals surface area contributed by atoms with E-state index in [1.165, 1.54) is 23.5 Å². The fourth-order valence-electron chi connectivity index (χ4n) is 1.63. The fourth-order valence-corrected chi connectivity index (χ4v) is 1.63. The fraction of sp³-hybridized carbons (Fsp3) is 0.0769. The zero-order valence-electron chi connectivity index (χ0n) is 10.8. The number of amides is 1. The first-order valence-electron chi connectivity index (χ1n) is 5.75. The number of nitrogens with two attached hydrogens (primary N) is 1. The van der Waals surface area contributed by atoms with Gasteiger partial charge in [0.1, 0.15) is 5.69 Å². The molecule has 0 spiro atoms. The molecule has 0 aliphatic carbocycles. The highest BCUT2D eigenvalue weighted by Crippen LogP contribution is 2.16. The van der Waals surface area contributed by atoms with Gasteiger partial charge >= 0.3 is 0 Å². The Bertz CT molecular complexity index is 642. The molecule has 102 valence electrons. The number of carbonyl (C=O) groups is 1. The van der Waals surface area contributed by atoms with E-state index < -0.39 is 0 Å². The van der Waals surface area contributed by atoms with Gasteiger partial charge in [0.15, 0.2) is 5.84 Å². The van der Waals surface area contributed by atoms with Gasteiger partial charge in [0.05, 0.1) is 6.20 Å². The Kier molecular flexibility index (Phi) is 3.90. The number of oxime groups is 1. The summed E-state index contributed by atoms with van der Waals surface area (Å²) in [6, 6.07) is 6.77. The summed E-state index contributed by atoms with van der Waals surface area (Å²) in [5, 5.41) is 11.6. The Hall–Kier alpha value is -2.96. The molecule has 3 N–H and O–H groups in total. The molecule has 2 aromatic rings. The maximum Gasteiger partial charge on any atom is 0.278 e.